The van der Waals surface area contributed by atoms with Crippen molar-refractivity contribution in [1.29, 1.82) is 0 Å². The number of allylic oxidation sites excluding steroid dienone is 1. The van der Waals surface area contributed by atoms with Crippen LogP contribution in [0.1, 0.15) is 26.3 Å². The molecule has 0 radical (unpaired) electrons. The van der Waals surface area contributed by atoms with Crippen LogP contribution in [0.5, 0.6) is 5.75 Å². The molecule has 2 aromatic rings. The second kappa shape index (κ2) is 10.1. The zero-order valence-corrected chi connectivity index (χ0v) is 17.5. The smallest absolute Gasteiger partial charge is 0.387 e. The molecule has 0 atom stereocenters. The van der Waals surface area contributed by atoms with Gasteiger partial charge in [0.25, 0.3) is 11.8 Å². The van der Waals surface area contributed by atoms with E-state index in [1.807, 2.05) is 0 Å². The van der Waals surface area contributed by atoms with Crippen LogP contribution in [-0.4, -0.2) is 24.0 Å². The number of hydrogen-bond donors (Lipinski definition) is 2. The Kier molecular flexibility index (Phi) is 7.74. The SMILES string of the molecule is CC(=O)C(=Nc1ccc(OC(F)F)cc1)/C(C(=O)Nc1cccc(C(C)(F)F)c1)=C(/C)N. The highest BCUT2D eigenvalue weighted by Crippen LogP contribution is 2.29. The molecule has 2 rings (SSSR count). The summed E-state index contributed by atoms with van der Waals surface area (Å²) in [6.07, 6.45) is 0. The van der Waals surface area contributed by atoms with Crippen LogP contribution in [0.4, 0.5) is 28.9 Å². The van der Waals surface area contributed by atoms with Crippen LogP contribution in [0.2, 0.25) is 0 Å². The molecular formula is C22H21F4N3O3. The van der Waals surface area contributed by atoms with Crippen molar-refractivity contribution < 1.29 is 31.9 Å². The lowest BCUT2D eigenvalue weighted by molar-refractivity contribution is -0.114. The first-order chi connectivity index (χ1) is 14.9. The first-order valence-corrected chi connectivity index (χ1v) is 9.29. The maximum absolute atomic E-state index is 13.6. The van der Waals surface area contributed by atoms with Crippen LogP contribution < -0.4 is 15.8 Å². The van der Waals surface area contributed by atoms with E-state index < -0.39 is 24.2 Å². The summed E-state index contributed by atoms with van der Waals surface area (Å²) in [7, 11) is 0. The fourth-order valence-electron chi connectivity index (χ4n) is 2.68. The molecule has 0 heterocycles. The summed E-state index contributed by atoms with van der Waals surface area (Å²) in [6, 6.07) is 10.1. The standard InChI is InChI=1S/C22H21F4N3O3/c1-12(27)18(20(31)29-16-6-4-5-14(11-16)22(3,25)26)19(13(2)30)28-15-7-9-17(10-8-15)32-21(23)24/h4-11,21H,27H2,1-3H3,(H,29,31)/b18-12+,28-19?. The number of ether oxygens (including phenoxy) is 1. The number of anilines is 1. The van der Waals surface area contributed by atoms with Gasteiger partial charge >= 0.3 is 6.61 Å². The van der Waals surface area contributed by atoms with E-state index in [0.717, 1.165) is 13.0 Å². The van der Waals surface area contributed by atoms with E-state index in [2.05, 4.69) is 15.0 Å². The van der Waals surface area contributed by atoms with Gasteiger partial charge in [0.1, 0.15) is 11.5 Å². The molecule has 3 N–H and O–H groups in total. The van der Waals surface area contributed by atoms with Gasteiger partial charge in [0.15, 0.2) is 5.78 Å². The molecule has 0 aliphatic carbocycles. The lowest BCUT2D eigenvalue weighted by atomic mass is 10.0. The van der Waals surface area contributed by atoms with Gasteiger partial charge in [0.05, 0.1) is 11.3 Å². The maximum Gasteiger partial charge on any atom is 0.387 e. The summed E-state index contributed by atoms with van der Waals surface area (Å²) in [5, 5.41) is 2.44. The third-order valence-corrected chi connectivity index (χ3v) is 4.12. The van der Waals surface area contributed by atoms with Crippen molar-refractivity contribution in [3.05, 3.63) is 65.4 Å². The molecule has 32 heavy (non-hydrogen) atoms. The van der Waals surface area contributed by atoms with E-state index in [9.17, 15) is 27.2 Å². The summed E-state index contributed by atoms with van der Waals surface area (Å²) >= 11 is 0. The number of nitrogens with one attached hydrogen (secondary N) is 1. The van der Waals surface area contributed by atoms with E-state index in [1.54, 1.807) is 0 Å². The monoisotopic (exact) mass is 451 g/mol. The van der Waals surface area contributed by atoms with Crippen molar-refractivity contribution in [1.82, 2.24) is 0 Å². The topological polar surface area (TPSA) is 93.8 Å². The molecule has 0 saturated heterocycles. The van der Waals surface area contributed by atoms with Gasteiger partial charge in [-0.05, 0) is 43.3 Å². The largest absolute Gasteiger partial charge is 0.435 e. The van der Waals surface area contributed by atoms with Gasteiger partial charge in [0.2, 0.25) is 0 Å². The van der Waals surface area contributed by atoms with Gasteiger partial charge in [-0.25, -0.2) is 13.8 Å². The number of nitrogens with two attached hydrogens (primary N) is 1. The Morgan fingerprint density at radius 1 is 1.09 bits per heavy atom. The fraction of sp³-hybridized carbons (Fsp3) is 0.227. The van der Waals surface area contributed by atoms with Crippen molar-refractivity contribution in [3.8, 4) is 5.75 Å². The molecule has 6 nitrogen and oxygen atoms in total. The predicted octanol–water partition coefficient (Wildman–Crippen LogP) is 4.93. The molecule has 0 bridgehead atoms. The lowest BCUT2D eigenvalue weighted by Crippen LogP contribution is -2.28. The van der Waals surface area contributed by atoms with Gasteiger partial charge in [-0.3, -0.25) is 9.59 Å². The van der Waals surface area contributed by atoms with E-state index in [4.69, 9.17) is 5.73 Å². The average molecular weight is 451 g/mol. The van der Waals surface area contributed by atoms with Crippen LogP contribution >= 0.6 is 0 Å². The second-order valence-electron chi connectivity index (χ2n) is 6.87. The maximum atomic E-state index is 13.6. The van der Waals surface area contributed by atoms with Gasteiger partial charge in [-0.1, -0.05) is 12.1 Å². The highest BCUT2D eigenvalue weighted by Gasteiger charge is 2.26. The number of nitrogens with zero attached hydrogens (tertiary/aromatic N) is 1. The van der Waals surface area contributed by atoms with Gasteiger partial charge in [-0.15, -0.1) is 0 Å². The second-order valence-corrected chi connectivity index (χ2v) is 6.87. The minimum Gasteiger partial charge on any atom is -0.435 e. The van der Waals surface area contributed by atoms with Crippen LogP contribution in [0.25, 0.3) is 0 Å². The zero-order valence-electron chi connectivity index (χ0n) is 17.5. The number of carbonyl (C=O) groups is 2. The molecule has 0 aromatic heterocycles. The number of aliphatic imine (C=N–C) groups is 1. The highest BCUT2D eigenvalue weighted by molar-refractivity contribution is 6.52. The number of halogens is 4. The lowest BCUT2D eigenvalue weighted by Gasteiger charge is -2.14. The molecule has 0 aliphatic heterocycles. The molecule has 0 spiro atoms. The number of alkyl halides is 4. The number of hydrogen-bond acceptors (Lipinski definition) is 5. The number of benzene rings is 2. The molecule has 0 aliphatic rings. The van der Waals surface area contributed by atoms with Gasteiger partial charge in [0, 0.05) is 30.8 Å². The minimum atomic E-state index is -3.12. The Morgan fingerprint density at radius 2 is 1.72 bits per heavy atom. The van der Waals surface area contributed by atoms with Gasteiger partial charge in [-0.2, -0.15) is 8.78 Å². The van der Waals surface area contributed by atoms with Crippen molar-refractivity contribution in [2.45, 2.75) is 33.3 Å². The molecule has 0 unspecified atom stereocenters. The summed E-state index contributed by atoms with van der Waals surface area (Å²) in [5.74, 6) is -4.65. The predicted molar refractivity (Wildman–Crippen MR) is 112 cm³/mol. The molecular weight excluding hydrogens is 430 g/mol. The summed E-state index contributed by atoms with van der Waals surface area (Å²) < 4.78 is 56.0. The van der Waals surface area contributed by atoms with Crippen LogP contribution in [0.15, 0.2) is 64.8 Å². The van der Waals surface area contributed by atoms with Crippen LogP contribution in [0.3, 0.4) is 0 Å². The third-order valence-electron chi connectivity index (χ3n) is 4.12. The first-order valence-electron chi connectivity index (χ1n) is 9.29. The molecule has 2 aromatic carbocycles. The Hall–Kier alpha value is -3.69. The van der Waals surface area contributed by atoms with Crippen molar-refractivity contribution in [3.63, 3.8) is 0 Å². The number of rotatable bonds is 8. The van der Waals surface area contributed by atoms with Crippen molar-refractivity contribution in [2.24, 2.45) is 10.7 Å². The Morgan fingerprint density at radius 3 is 2.22 bits per heavy atom. The summed E-state index contributed by atoms with van der Waals surface area (Å²) in [4.78, 5) is 29.2. The average Bonchev–Trinajstić information content (AvgIpc) is 2.67. The van der Waals surface area contributed by atoms with Gasteiger partial charge < -0.3 is 15.8 Å². The number of ketones is 1. The van der Waals surface area contributed by atoms with E-state index in [-0.39, 0.29) is 39.7 Å². The highest BCUT2D eigenvalue weighted by atomic mass is 19.3. The van der Waals surface area contributed by atoms with E-state index >= 15 is 0 Å². The molecule has 1 amide bonds. The fourth-order valence-corrected chi connectivity index (χ4v) is 2.68. The Balaban J connectivity index is 2.38. The normalized spacial score (nSPS) is 12.9. The summed E-state index contributed by atoms with van der Waals surface area (Å²) in [5.41, 5.74) is 5.19. The molecule has 0 fully saturated rings. The Labute approximate surface area is 181 Å². The number of amides is 1. The number of carbonyl (C=O) groups excluding carboxylic acids is 2. The van der Waals surface area contributed by atoms with Crippen LogP contribution in [-0.2, 0) is 15.5 Å². The number of Topliss-reactive ketones (excluding diaryl/α,β-unsaturated/α-hetero) is 1. The van der Waals surface area contributed by atoms with Crippen molar-refractivity contribution in [2.75, 3.05) is 5.32 Å². The molecule has 10 heteroatoms. The summed E-state index contributed by atoms with van der Waals surface area (Å²) in [6.45, 7) is 0.272. The third kappa shape index (κ3) is 6.66. The van der Waals surface area contributed by atoms with Crippen molar-refractivity contribution >= 4 is 28.8 Å². The van der Waals surface area contributed by atoms with E-state index in [0.29, 0.717) is 0 Å². The van der Waals surface area contributed by atoms with E-state index in [1.165, 1.54) is 56.3 Å². The molecule has 170 valence electrons. The molecule has 0 saturated carbocycles. The Bertz CT molecular complexity index is 1050. The first kappa shape index (κ1) is 24.6. The minimum absolute atomic E-state index is 0.0360. The van der Waals surface area contributed by atoms with Crippen LogP contribution in [0, 0.1) is 0 Å². The zero-order chi connectivity index (χ0) is 24.1. The quantitative estimate of drug-likeness (QED) is 0.338.